The maximum Gasteiger partial charge on any atom is 0.266 e. The van der Waals surface area contributed by atoms with E-state index >= 15 is 0 Å². The van der Waals surface area contributed by atoms with Gasteiger partial charge in [-0.05, 0) is 79.5 Å². The first-order valence-electron chi connectivity index (χ1n) is 11.2. The zero-order valence-corrected chi connectivity index (χ0v) is 18.3. The lowest BCUT2D eigenvalue weighted by molar-refractivity contribution is 0.0927. The molecule has 5 heteroatoms. The molecule has 35 heavy (non-hydrogen) atoms. The Morgan fingerprint density at radius 2 is 0.971 bits per heavy atom. The number of aromatic hydroxyl groups is 2. The van der Waals surface area contributed by atoms with Crippen molar-refractivity contribution in [2.24, 2.45) is 0 Å². The number of nitrogens with zero attached hydrogens (tertiary/aromatic N) is 1. The van der Waals surface area contributed by atoms with Crippen molar-refractivity contribution in [2.75, 3.05) is 4.90 Å². The van der Waals surface area contributed by atoms with E-state index in [2.05, 4.69) is 0 Å². The molecule has 2 N–H and O–H groups in total. The van der Waals surface area contributed by atoms with Crippen LogP contribution in [-0.2, 0) is 0 Å². The van der Waals surface area contributed by atoms with E-state index in [0.717, 1.165) is 32.3 Å². The fourth-order valence-electron chi connectivity index (χ4n) is 5.43. The van der Waals surface area contributed by atoms with E-state index in [1.165, 1.54) is 4.90 Å². The number of hydrogen-bond donors (Lipinski definition) is 2. The topological polar surface area (TPSA) is 77.8 Å². The molecule has 5 nitrogen and oxygen atoms in total. The number of anilines is 1. The molecule has 0 radical (unpaired) electrons. The van der Waals surface area contributed by atoms with Crippen molar-refractivity contribution in [3.63, 3.8) is 0 Å². The summed E-state index contributed by atoms with van der Waals surface area (Å²) >= 11 is 0. The lowest BCUT2D eigenvalue weighted by Crippen LogP contribution is -2.29. The predicted molar refractivity (Wildman–Crippen MR) is 137 cm³/mol. The van der Waals surface area contributed by atoms with Crippen molar-refractivity contribution >= 4 is 60.6 Å². The molecule has 6 aromatic rings. The first-order chi connectivity index (χ1) is 17.0. The molecular formula is C30H17NO4. The Morgan fingerprint density at radius 1 is 0.514 bits per heavy atom. The third-order valence-corrected chi connectivity index (χ3v) is 6.89. The van der Waals surface area contributed by atoms with Gasteiger partial charge in [-0.1, -0.05) is 54.6 Å². The molecule has 0 unspecified atom stereocenters. The normalized spacial score (nSPS) is 13.4. The molecule has 0 atom stereocenters. The zero-order valence-electron chi connectivity index (χ0n) is 18.3. The average Bonchev–Trinajstić information content (AvgIpc) is 3.13. The van der Waals surface area contributed by atoms with Gasteiger partial charge in [0.1, 0.15) is 11.5 Å². The molecule has 0 bridgehead atoms. The van der Waals surface area contributed by atoms with E-state index in [1.807, 2.05) is 42.5 Å². The summed E-state index contributed by atoms with van der Waals surface area (Å²) in [5, 5.41) is 26.6. The standard InChI is InChI=1S/C30H17NO4/c32-19-8-12-21-16(14-19)6-10-23-25(21)26-22-13-9-20(33)15-17(22)7-11-24(26)28-27(23)29(34)31(30(28)35)18-4-2-1-3-5-18/h1-15,32-33H. The minimum Gasteiger partial charge on any atom is -0.508 e. The zero-order chi connectivity index (χ0) is 23.8. The summed E-state index contributed by atoms with van der Waals surface area (Å²) in [6.45, 7) is 0. The first kappa shape index (κ1) is 19.6. The quantitative estimate of drug-likeness (QED) is 0.219. The number of benzene rings is 6. The molecule has 0 fully saturated rings. The van der Waals surface area contributed by atoms with Crippen molar-refractivity contribution < 1.29 is 19.8 Å². The van der Waals surface area contributed by atoms with Gasteiger partial charge < -0.3 is 10.2 Å². The highest BCUT2D eigenvalue weighted by Gasteiger charge is 2.40. The number of fused-ring (bicyclic) bond motifs is 10. The molecule has 2 amide bonds. The van der Waals surface area contributed by atoms with Crippen LogP contribution in [0, 0.1) is 0 Å². The van der Waals surface area contributed by atoms with Gasteiger partial charge in [-0.2, -0.15) is 0 Å². The summed E-state index contributed by atoms with van der Waals surface area (Å²) in [4.78, 5) is 28.8. The van der Waals surface area contributed by atoms with Crippen molar-refractivity contribution in [1.82, 2.24) is 0 Å². The lowest BCUT2D eigenvalue weighted by Gasteiger charge is -2.14. The van der Waals surface area contributed by atoms with Crippen LogP contribution in [-0.4, -0.2) is 22.0 Å². The Bertz CT molecular complexity index is 1790. The number of carbonyl (C=O) groups is 2. The van der Waals surface area contributed by atoms with Gasteiger partial charge in [0.2, 0.25) is 0 Å². The van der Waals surface area contributed by atoms with Gasteiger partial charge >= 0.3 is 0 Å². The van der Waals surface area contributed by atoms with Crippen molar-refractivity contribution in [2.45, 2.75) is 0 Å². The Balaban J connectivity index is 1.72. The summed E-state index contributed by atoms with van der Waals surface area (Å²) in [5.41, 5.74) is 1.29. The molecule has 0 aromatic heterocycles. The molecule has 1 aliphatic heterocycles. The third kappa shape index (κ3) is 2.58. The third-order valence-electron chi connectivity index (χ3n) is 6.89. The van der Waals surface area contributed by atoms with Crippen molar-refractivity contribution in [3.8, 4) is 11.5 Å². The SMILES string of the molecule is O=C1c2c(c3ccc4cc(O)ccc4c3c3c2ccc2cc(O)ccc23)C(=O)N1c1ccccc1. The molecule has 1 heterocycles. The second-order valence-corrected chi connectivity index (χ2v) is 8.82. The monoisotopic (exact) mass is 455 g/mol. The van der Waals surface area contributed by atoms with Crippen LogP contribution in [0.3, 0.4) is 0 Å². The number of phenols is 2. The fraction of sp³-hybridized carbons (Fsp3) is 0. The number of phenolic OH excluding ortho intramolecular Hbond substituents is 2. The molecule has 0 saturated heterocycles. The molecule has 1 aliphatic rings. The van der Waals surface area contributed by atoms with Crippen LogP contribution in [0.5, 0.6) is 11.5 Å². The summed E-state index contributed by atoms with van der Waals surface area (Å²) < 4.78 is 0. The highest BCUT2D eigenvalue weighted by molar-refractivity contribution is 6.45. The molecule has 0 aliphatic carbocycles. The summed E-state index contributed by atoms with van der Waals surface area (Å²) in [7, 11) is 0. The summed E-state index contributed by atoms with van der Waals surface area (Å²) in [5.74, 6) is -0.406. The van der Waals surface area contributed by atoms with Gasteiger partial charge in [0, 0.05) is 0 Å². The van der Waals surface area contributed by atoms with E-state index in [1.54, 1.807) is 48.5 Å². The Labute approximate surface area is 199 Å². The Hall–Kier alpha value is -4.90. The first-order valence-corrected chi connectivity index (χ1v) is 11.2. The maximum atomic E-state index is 13.8. The van der Waals surface area contributed by atoms with Gasteiger partial charge in [-0.3, -0.25) is 9.59 Å². The largest absolute Gasteiger partial charge is 0.508 e. The second-order valence-electron chi connectivity index (χ2n) is 8.82. The minimum absolute atomic E-state index is 0.151. The van der Waals surface area contributed by atoms with Crippen LogP contribution in [0.1, 0.15) is 20.7 Å². The van der Waals surface area contributed by atoms with Crippen LogP contribution in [0.4, 0.5) is 5.69 Å². The summed E-state index contributed by atoms with van der Waals surface area (Å²) in [6, 6.07) is 26.7. The van der Waals surface area contributed by atoms with E-state index in [9.17, 15) is 19.8 Å². The van der Waals surface area contributed by atoms with Gasteiger partial charge in [0.25, 0.3) is 11.8 Å². The van der Waals surface area contributed by atoms with E-state index < -0.39 is 0 Å². The fourth-order valence-corrected chi connectivity index (χ4v) is 5.43. The van der Waals surface area contributed by atoms with Gasteiger partial charge in [-0.25, -0.2) is 4.90 Å². The molecular weight excluding hydrogens is 438 g/mol. The van der Waals surface area contributed by atoms with Crippen LogP contribution in [0.25, 0.3) is 43.1 Å². The number of rotatable bonds is 1. The van der Waals surface area contributed by atoms with Gasteiger partial charge in [0.05, 0.1) is 16.8 Å². The van der Waals surface area contributed by atoms with Crippen molar-refractivity contribution in [3.05, 3.63) is 102 Å². The maximum absolute atomic E-state index is 13.8. The number of amides is 2. The van der Waals surface area contributed by atoms with Crippen LogP contribution in [0.2, 0.25) is 0 Å². The van der Waals surface area contributed by atoms with Gasteiger partial charge in [-0.15, -0.1) is 0 Å². The van der Waals surface area contributed by atoms with E-state index in [-0.39, 0.29) is 23.3 Å². The Morgan fingerprint density at radius 3 is 1.46 bits per heavy atom. The molecule has 0 spiro atoms. The average molecular weight is 455 g/mol. The van der Waals surface area contributed by atoms with Crippen LogP contribution < -0.4 is 4.90 Å². The van der Waals surface area contributed by atoms with E-state index in [4.69, 9.17) is 0 Å². The molecule has 6 aromatic carbocycles. The second kappa shape index (κ2) is 6.81. The van der Waals surface area contributed by atoms with Crippen LogP contribution >= 0.6 is 0 Å². The number of para-hydroxylation sites is 1. The summed E-state index contributed by atoms with van der Waals surface area (Å²) in [6.07, 6.45) is 0. The van der Waals surface area contributed by atoms with E-state index in [0.29, 0.717) is 27.6 Å². The molecule has 166 valence electrons. The molecule has 7 rings (SSSR count). The minimum atomic E-state index is -0.355. The Kier molecular flexibility index (Phi) is 3.80. The number of carbonyl (C=O) groups excluding carboxylic acids is 2. The molecule has 0 saturated carbocycles. The predicted octanol–water partition coefficient (Wildman–Crippen LogP) is 6.51. The lowest BCUT2D eigenvalue weighted by atomic mass is 9.87. The highest BCUT2D eigenvalue weighted by atomic mass is 16.3. The smallest absolute Gasteiger partial charge is 0.266 e. The van der Waals surface area contributed by atoms with Crippen LogP contribution in [0.15, 0.2) is 91.0 Å². The number of imide groups is 1. The highest BCUT2D eigenvalue weighted by Crippen LogP contribution is 2.45. The van der Waals surface area contributed by atoms with Crippen molar-refractivity contribution in [1.29, 1.82) is 0 Å². The number of hydrogen-bond acceptors (Lipinski definition) is 4. The van der Waals surface area contributed by atoms with Gasteiger partial charge in [0.15, 0.2) is 0 Å².